The van der Waals surface area contributed by atoms with Crippen LogP contribution in [0.4, 0.5) is 5.82 Å². The summed E-state index contributed by atoms with van der Waals surface area (Å²) >= 11 is 5.98. The summed E-state index contributed by atoms with van der Waals surface area (Å²) in [7, 11) is 0. The second kappa shape index (κ2) is 4.97. The van der Waals surface area contributed by atoms with Gasteiger partial charge in [0.1, 0.15) is 5.52 Å². The summed E-state index contributed by atoms with van der Waals surface area (Å²) in [5, 5.41) is 15.1. The molecule has 1 atom stereocenters. The van der Waals surface area contributed by atoms with E-state index < -0.39 is 0 Å². The lowest BCUT2D eigenvalue weighted by molar-refractivity contribution is -0.119. The summed E-state index contributed by atoms with van der Waals surface area (Å²) in [5.74, 6) is 0.679. The smallest absolute Gasteiger partial charge is 0.220 e. The Bertz CT molecular complexity index is 633. The van der Waals surface area contributed by atoms with Crippen molar-refractivity contribution in [1.29, 1.82) is 0 Å². The predicted molar refractivity (Wildman–Crippen MR) is 72.0 cm³/mol. The van der Waals surface area contributed by atoms with Crippen LogP contribution in [0.2, 0.25) is 5.15 Å². The number of nitrogens with one attached hydrogen (secondary N) is 2. The quantitative estimate of drug-likeness (QED) is 0.886. The number of rotatable bonds is 3. The van der Waals surface area contributed by atoms with E-state index in [4.69, 9.17) is 11.6 Å². The highest BCUT2D eigenvalue weighted by Crippen LogP contribution is 2.23. The average Bonchev–Trinajstić information content (AvgIpc) is 2.84. The lowest BCUT2D eigenvalue weighted by Crippen LogP contribution is -2.32. The highest BCUT2D eigenvalue weighted by Gasteiger charge is 2.20. The number of anilines is 1. The molecule has 1 amide bonds. The maximum Gasteiger partial charge on any atom is 0.220 e. The van der Waals surface area contributed by atoms with E-state index in [9.17, 15) is 4.79 Å². The third-order valence-electron chi connectivity index (χ3n) is 3.09. The minimum atomic E-state index is 0.0944. The fraction of sp³-hybridized carbons (Fsp3) is 0.333. The third kappa shape index (κ3) is 2.44. The molecule has 0 saturated carbocycles. The molecule has 0 aliphatic carbocycles. The van der Waals surface area contributed by atoms with Crippen molar-refractivity contribution in [3.8, 4) is 0 Å². The van der Waals surface area contributed by atoms with Crippen molar-refractivity contribution in [2.45, 2.75) is 18.9 Å². The fourth-order valence-corrected chi connectivity index (χ4v) is 2.32. The zero-order valence-corrected chi connectivity index (χ0v) is 10.8. The van der Waals surface area contributed by atoms with Crippen LogP contribution in [0.3, 0.4) is 0 Å². The minimum Gasteiger partial charge on any atom is -0.365 e. The number of aromatic nitrogens is 3. The zero-order valence-electron chi connectivity index (χ0n) is 10.1. The molecule has 7 heteroatoms. The van der Waals surface area contributed by atoms with Gasteiger partial charge in [-0.25, -0.2) is 0 Å². The highest BCUT2D eigenvalue weighted by molar-refractivity contribution is 6.34. The molecule has 2 aromatic rings. The number of nitrogens with zero attached hydrogens (tertiary/aromatic N) is 3. The van der Waals surface area contributed by atoms with Crippen LogP contribution in [0.1, 0.15) is 12.8 Å². The molecule has 1 aliphatic rings. The number of hydrogen-bond donors (Lipinski definition) is 2. The van der Waals surface area contributed by atoms with Crippen molar-refractivity contribution >= 4 is 34.2 Å². The molecule has 3 heterocycles. The van der Waals surface area contributed by atoms with Crippen LogP contribution in [-0.2, 0) is 4.79 Å². The van der Waals surface area contributed by atoms with Gasteiger partial charge in [0.05, 0.1) is 0 Å². The van der Waals surface area contributed by atoms with E-state index in [1.165, 1.54) is 0 Å². The van der Waals surface area contributed by atoms with E-state index in [1.807, 2.05) is 6.07 Å². The Hall–Kier alpha value is -1.95. The molecule has 19 heavy (non-hydrogen) atoms. The molecule has 3 rings (SSSR count). The Balaban J connectivity index is 1.81. The third-order valence-corrected chi connectivity index (χ3v) is 3.37. The zero-order chi connectivity index (χ0) is 13.2. The Kier molecular flexibility index (Phi) is 3.16. The predicted octanol–water partition coefficient (Wildman–Crippen LogP) is 1.37. The monoisotopic (exact) mass is 277 g/mol. The topological polar surface area (TPSA) is 79.8 Å². The molecular weight excluding hydrogens is 266 g/mol. The number of fused-ring (bicyclic) bond motifs is 1. The number of amides is 1. The first-order valence-electron chi connectivity index (χ1n) is 6.04. The van der Waals surface area contributed by atoms with Crippen LogP contribution in [0.15, 0.2) is 18.3 Å². The maximum absolute atomic E-state index is 11.1. The average molecular weight is 278 g/mol. The van der Waals surface area contributed by atoms with Gasteiger partial charge in [0.25, 0.3) is 0 Å². The summed E-state index contributed by atoms with van der Waals surface area (Å²) in [6.07, 6.45) is 3.10. The molecule has 6 nitrogen and oxygen atoms in total. The van der Waals surface area contributed by atoms with Gasteiger partial charge in [0.15, 0.2) is 11.0 Å². The molecule has 2 aromatic heterocycles. The van der Waals surface area contributed by atoms with E-state index >= 15 is 0 Å². The summed E-state index contributed by atoms with van der Waals surface area (Å²) in [6.45, 7) is 0.605. The van der Waals surface area contributed by atoms with Gasteiger partial charge in [-0.15, -0.1) is 10.2 Å². The lowest BCUT2D eigenvalue weighted by atomic mass is 10.2. The van der Waals surface area contributed by atoms with Gasteiger partial charge < -0.3 is 10.6 Å². The van der Waals surface area contributed by atoms with Gasteiger partial charge in [0, 0.05) is 30.6 Å². The SMILES string of the molecule is O=C1CC[C@@H](CNc2nnc(Cl)c3cccnc23)N1. The van der Waals surface area contributed by atoms with Gasteiger partial charge >= 0.3 is 0 Å². The Morgan fingerprint density at radius 3 is 3.16 bits per heavy atom. The van der Waals surface area contributed by atoms with Crippen LogP contribution in [-0.4, -0.2) is 33.7 Å². The minimum absolute atomic E-state index is 0.0944. The van der Waals surface area contributed by atoms with E-state index in [2.05, 4.69) is 25.8 Å². The standard InChI is InChI=1S/C12H12ClN5O/c13-11-8-2-1-5-14-10(8)12(18-17-11)15-6-7-3-4-9(19)16-7/h1-2,5,7H,3-4,6H2,(H,15,18)(H,16,19)/t7-/m0/s1. The molecule has 0 unspecified atom stereocenters. The Morgan fingerprint density at radius 1 is 1.47 bits per heavy atom. The molecule has 0 radical (unpaired) electrons. The highest BCUT2D eigenvalue weighted by atomic mass is 35.5. The second-order valence-corrected chi connectivity index (χ2v) is 4.78. The number of pyridine rings is 1. The molecule has 0 bridgehead atoms. The summed E-state index contributed by atoms with van der Waals surface area (Å²) in [6, 6.07) is 3.78. The second-order valence-electron chi connectivity index (χ2n) is 4.42. The normalized spacial score (nSPS) is 18.6. The largest absolute Gasteiger partial charge is 0.365 e. The summed E-state index contributed by atoms with van der Waals surface area (Å²) in [5.41, 5.74) is 0.687. The van der Waals surface area contributed by atoms with Crippen LogP contribution < -0.4 is 10.6 Å². The van der Waals surface area contributed by atoms with Gasteiger partial charge in [0.2, 0.25) is 5.91 Å². The summed E-state index contributed by atoms with van der Waals surface area (Å²) < 4.78 is 0. The van der Waals surface area contributed by atoms with Gasteiger partial charge in [-0.2, -0.15) is 0 Å². The first-order chi connectivity index (χ1) is 9.24. The van der Waals surface area contributed by atoms with Crippen molar-refractivity contribution in [2.75, 3.05) is 11.9 Å². The first kappa shape index (κ1) is 12.1. The van der Waals surface area contributed by atoms with E-state index in [0.717, 1.165) is 11.8 Å². The number of carbonyl (C=O) groups is 1. The van der Waals surface area contributed by atoms with Gasteiger partial charge in [-0.1, -0.05) is 11.6 Å². The number of carbonyl (C=O) groups excluding carboxylic acids is 1. The van der Waals surface area contributed by atoms with Crippen LogP contribution >= 0.6 is 11.6 Å². The van der Waals surface area contributed by atoms with Gasteiger partial charge in [-0.3, -0.25) is 9.78 Å². The molecule has 1 saturated heterocycles. The van der Waals surface area contributed by atoms with E-state index in [1.54, 1.807) is 12.3 Å². The van der Waals surface area contributed by atoms with Crippen molar-refractivity contribution in [2.24, 2.45) is 0 Å². The Labute approximate surface area is 114 Å². The molecule has 98 valence electrons. The molecule has 0 spiro atoms. The number of hydrogen-bond acceptors (Lipinski definition) is 5. The molecule has 1 fully saturated rings. The molecule has 1 aliphatic heterocycles. The van der Waals surface area contributed by atoms with Crippen molar-refractivity contribution in [3.05, 3.63) is 23.5 Å². The van der Waals surface area contributed by atoms with E-state index in [0.29, 0.717) is 29.5 Å². The molecular formula is C12H12ClN5O. The van der Waals surface area contributed by atoms with Crippen LogP contribution in [0, 0.1) is 0 Å². The van der Waals surface area contributed by atoms with Crippen molar-refractivity contribution in [1.82, 2.24) is 20.5 Å². The van der Waals surface area contributed by atoms with E-state index in [-0.39, 0.29) is 11.9 Å². The van der Waals surface area contributed by atoms with Gasteiger partial charge in [-0.05, 0) is 18.6 Å². The van der Waals surface area contributed by atoms with Crippen LogP contribution in [0.5, 0.6) is 0 Å². The summed E-state index contributed by atoms with van der Waals surface area (Å²) in [4.78, 5) is 15.4. The van der Waals surface area contributed by atoms with Crippen LogP contribution in [0.25, 0.3) is 10.9 Å². The number of halogens is 1. The van der Waals surface area contributed by atoms with Crippen molar-refractivity contribution in [3.63, 3.8) is 0 Å². The van der Waals surface area contributed by atoms with Crippen molar-refractivity contribution < 1.29 is 4.79 Å². The molecule has 0 aromatic carbocycles. The molecule has 2 N–H and O–H groups in total. The Morgan fingerprint density at radius 2 is 2.37 bits per heavy atom. The lowest BCUT2D eigenvalue weighted by Gasteiger charge is -2.12. The fourth-order valence-electron chi connectivity index (χ4n) is 2.12. The maximum atomic E-state index is 11.1. The first-order valence-corrected chi connectivity index (χ1v) is 6.42.